The number of fused-ring (bicyclic) bond motifs is 1. The molecule has 2 aromatic rings. The van der Waals surface area contributed by atoms with Crippen LogP contribution in [0.2, 0.25) is 5.02 Å². The molecule has 1 saturated carbocycles. The van der Waals surface area contributed by atoms with E-state index in [2.05, 4.69) is 10.3 Å². The molecule has 4 N–H and O–H groups in total. The number of hydrogen-bond acceptors (Lipinski definition) is 3. The lowest BCUT2D eigenvalue weighted by atomic mass is 9.88. The minimum atomic E-state index is -0.769. The van der Waals surface area contributed by atoms with E-state index in [9.17, 15) is 14.4 Å². The van der Waals surface area contributed by atoms with Crippen molar-refractivity contribution < 1.29 is 9.59 Å². The third-order valence-electron chi connectivity index (χ3n) is 5.60. The van der Waals surface area contributed by atoms with E-state index in [1.807, 2.05) is 12.1 Å². The van der Waals surface area contributed by atoms with E-state index >= 15 is 0 Å². The molecule has 0 aliphatic heterocycles. The highest BCUT2D eigenvalue weighted by Gasteiger charge is 2.51. The van der Waals surface area contributed by atoms with Crippen LogP contribution < -0.4 is 16.6 Å². The number of halogens is 1. The van der Waals surface area contributed by atoms with E-state index in [4.69, 9.17) is 17.3 Å². The van der Waals surface area contributed by atoms with Crippen LogP contribution in [0.5, 0.6) is 0 Å². The first-order valence-corrected chi connectivity index (χ1v) is 9.41. The average molecular weight is 386 g/mol. The van der Waals surface area contributed by atoms with Crippen LogP contribution in [0.1, 0.15) is 58.9 Å². The molecule has 27 heavy (non-hydrogen) atoms. The SMILES string of the molecule is NC(=O)c1cc2c([nH]c1=O)CCCC2NC(=O)C1(c2ccc(Cl)cc2)CC1. The number of aromatic amines is 1. The normalized spacial score (nSPS) is 19.8. The third kappa shape index (κ3) is 3.14. The summed E-state index contributed by atoms with van der Waals surface area (Å²) in [5, 5.41) is 3.77. The number of carbonyl (C=O) groups is 2. The van der Waals surface area contributed by atoms with Gasteiger partial charge in [-0.25, -0.2) is 0 Å². The van der Waals surface area contributed by atoms with Gasteiger partial charge in [-0.1, -0.05) is 23.7 Å². The molecule has 6 nitrogen and oxygen atoms in total. The Bertz CT molecular complexity index is 977. The second-order valence-corrected chi connectivity index (χ2v) is 7.75. The Hall–Kier alpha value is -2.60. The number of hydrogen-bond donors (Lipinski definition) is 3. The molecule has 1 aromatic heterocycles. The van der Waals surface area contributed by atoms with E-state index in [1.54, 1.807) is 12.1 Å². The lowest BCUT2D eigenvalue weighted by molar-refractivity contribution is -0.124. The Morgan fingerprint density at radius 2 is 1.93 bits per heavy atom. The first-order valence-electron chi connectivity index (χ1n) is 9.04. The summed E-state index contributed by atoms with van der Waals surface area (Å²) in [6, 6.07) is 8.66. The highest BCUT2D eigenvalue weighted by molar-refractivity contribution is 6.30. The average Bonchev–Trinajstić information content (AvgIpc) is 3.43. The quantitative estimate of drug-likeness (QED) is 0.752. The highest BCUT2D eigenvalue weighted by Crippen LogP contribution is 2.49. The summed E-state index contributed by atoms with van der Waals surface area (Å²) in [6.07, 6.45) is 3.88. The zero-order chi connectivity index (χ0) is 19.2. The first kappa shape index (κ1) is 17.8. The molecule has 0 bridgehead atoms. The van der Waals surface area contributed by atoms with Gasteiger partial charge in [-0.05, 0) is 61.4 Å². The molecule has 0 radical (unpaired) electrons. The standard InChI is InChI=1S/C20H20ClN3O3/c21-12-6-4-11(5-7-12)20(8-9-20)19(27)24-16-3-1-2-15-13(16)10-14(17(22)25)18(26)23-15/h4-7,10,16H,1-3,8-9H2,(H2,22,25)(H,23,26)(H,24,27). The molecule has 1 unspecified atom stereocenters. The lowest BCUT2D eigenvalue weighted by Gasteiger charge is -2.28. The minimum Gasteiger partial charge on any atom is -0.365 e. The first-order chi connectivity index (χ1) is 12.9. The fourth-order valence-electron chi connectivity index (χ4n) is 3.91. The Morgan fingerprint density at radius 1 is 1.22 bits per heavy atom. The number of benzene rings is 1. The molecule has 2 aliphatic carbocycles. The topological polar surface area (TPSA) is 105 Å². The fourth-order valence-corrected chi connectivity index (χ4v) is 4.04. The highest BCUT2D eigenvalue weighted by atomic mass is 35.5. The monoisotopic (exact) mass is 385 g/mol. The number of H-pyrrole nitrogens is 1. The summed E-state index contributed by atoms with van der Waals surface area (Å²) in [5.74, 6) is -0.802. The predicted octanol–water partition coefficient (Wildman–Crippen LogP) is 2.35. The van der Waals surface area contributed by atoms with Crippen molar-refractivity contribution in [2.24, 2.45) is 5.73 Å². The van der Waals surface area contributed by atoms with E-state index in [0.717, 1.165) is 42.5 Å². The number of nitrogens with one attached hydrogen (secondary N) is 2. The van der Waals surface area contributed by atoms with Gasteiger partial charge in [-0.15, -0.1) is 0 Å². The zero-order valence-electron chi connectivity index (χ0n) is 14.7. The Balaban J connectivity index is 1.62. The summed E-state index contributed by atoms with van der Waals surface area (Å²) in [5.41, 5.74) is 6.73. The molecule has 4 rings (SSSR count). The summed E-state index contributed by atoms with van der Waals surface area (Å²) < 4.78 is 0. The molecule has 1 aromatic carbocycles. The number of amides is 2. The van der Waals surface area contributed by atoms with Gasteiger partial charge < -0.3 is 16.0 Å². The van der Waals surface area contributed by atoms with Gasteiger partial charge in [0.25, 0.3) is 11.5 Å². The summed E-state index contributed by atoms with van der Waals surface area (Å²) in [4.78, 5) is 39.3. The summed E-state index contributed by atoms with van der Waals surface area (Å²) >= 11 is 5.96. The van der Waals surface area contributed by atoms with E-state index in [1.165, 1.54) is 6.07 Å². The van der Waals surface area contributed by atoms with Gasteiger partial charge >= 0.3 is 0 Å². The Kier molecular flexibility index (Phi) is 4.30. The maximum atomic E-state index is 13.1. The number of rotatable bonds is 4. The molecule has 7 heteroatoms. The molecule has 140 valence electrons. The molecular weight excluding hydrogens is 366 g/mol. The van der Waals surface area contributed by atoms with Crippen molar-refractivity contribution >= 4 is 23.4 Å². The van der Waals surface area contributed by atoms with Gasteiger partial charge in [-0.3, -0.25) is 14.4 Å². The smallest absolute Gasteiger partial charge is 0.261 e. The van der Waals surface area contributed by atoms with Gasteiger partial charge in [0.1, 0.15) is 5.56 Å². The zero-order valence-corrected chi connectivity index (χ0v) is 15.4. The van der Waals surface area contributed by atoms with Crippen LogP contribution in [-0.4, -0.2) is 16.8 Å². The number of primary amides is 1. The number of aromatic nitrogens is 1. The van der Waals surface area contributed by atoms with E-state index < -0.39 is 16.9 Å². The molecule has 0 spiro atoms. The molecule has 1 atom stereocenters. The van der Waals surface area contributed by atoms with Gasteiger partial charge in [0.2, 0.25) is 5.91 Å². The van der Waals surface area contributed by atoms with Crippen LogP contribution in [0.4, 0.5) is 0 Å². The van der Waals surface area contributed by atoms with E-state index in [0.29, 0.717) is 11.4 Å². The molecular formula is C20H20ClN3O3. The van der Waals surface area contributed by atoms with Crippen molar-refractivity contribution in [2.75, 3.05) is 0 Å². The van der Waals surface area contributed by atoms with E-state index in [-0.39, 0.29) is 17.5 Å². The second kappa shape index (κ2) is 6.53. The van der Waals surface area contributed by atoms with Crippen LogP contribution in [0.3, 0.4) is 0 Å². The van der Waals surface area contributed by atoms with Crippen LogP contribution in [0.15, 0.2) is 35.1 Å². The molecule has 0 saturated heterocycles. The minimum absolute atomic E-state index is 0.0329. The summed E-state index contributed by atoms with van der Waals surface area (Å²) in [7, 11) is 0. The number of pyridine rings is 1. The van der Waals surface area contributed by atoms with Crippen molar-refractivity contribution in [3.8, 4) is 0 Å². The van der Waals surface area contributed by atoms with Crippen LogP contribution in [0.25, 0.3) is 0 Å². The van der Waals surface area contributed by atoms with Gasteiger partial charge in [0.15, 0.2) is 0 Å². The molecule has 1 fully saturated rings. The van der Waals surface area contributed by atoms with Crippen molar-refractivity contribution in [2.45, 2.75) is 43.6 Å². The maximum Gasteiger partial charge on any atom is 0.261 e. The van der Waals surface area contributed by atoms with Crippen molar-refractivity contribution in [3.05, 3.63) is 68.1 Å². The molecule has 2 aliphatic rings. The van der Waals surface area contributed by atoms with Crippen LogP contribution >= 0.6 is 11.6 Å². The Morgan fingerprint density at radius 3 is 2.56 bits per heavy atom. The lowest BCUT2D eigenvalue weighted by Crippen LogP contribution is -2.39. The van der Waals surface area contributed by atoms with Gasteiger partial charge in [0, 0.05) is 10.7 Å². The molecule has 1 heterocycles. The van der Waals surface area contributed by atoms with Crippen molar-refractivity contribution in [1.29, 1.82) is 0 Å². The van der Waals surface area contributed by atoms with Crippen LogP contribution in [0, 0.1) is 0 Å². The third-order valence-corrected chi connectivity index (χ3v) is 5.86. The molecule has 2 amide bonds. The number of carbonyl (C=O) groups excluding carboxylic acids is 2. The van der Waals surface area contributed by atoms with Gasteiger partial charge in [-0.2, -0.15) is 0 Å². The largest absolute Gasteiger partial charge is 0.365 e. The maximum absolute atomic E-state index is 13.1. The Labute approximate surface area is 161 Å². The fraction of sp³-hybridized carbons (Fsp3) is 0.350. The second-order valence-electron chi connectivity index (χ2n) is 7.32. The van der Waals surface area contributed by atoms with Gasteiger partial charge in [0.05, 0.1) is 11.5 Å². The predicted molar refractivity (Wildman–Crippen MR) is 102 cm³/mol. The summed E-state index contributed by atoms with van der Waals surface area (Å²) in [6.45, 7) is 0. The van der Waals surface area contributed by atoms with Crippen molar-refractivity contribution in [1.82, 2.24) is 10.3 Å². The van der Waals surface area contributed by atoms with Crippen LogP contribution in [-0.2, 0) is 16.6 Å². The van der Waals surface area contributed by atoms with Crippen molar-refractivity contribution in [3.63, 3.8) is 0 Å². The number of nitrogens with two attached hydrogens (primary N) is 1. The number of aryl methyl sites for hydroxylation is 1.